The lowest BCUT2D eigenvalue weighted by Gasteiger charge is -2.63. The molecule has 11 nitrogen and oxygen atoms in total. The molecule has 0 amide bonds. The number of aliphatic hydroxyl groups is 4. The van der Waals surface area contributed by atoms with Gasteiger partial charge >= 0.3 is 6.16 Å². The summed E-state index contributed by atoms with van der Waals surface area (Å²) in [6, 6.07) is 7.39. The zero-order valence-corrected chi connectivity index (χ0v) is 29.5. The summed E-state index contributed by atoms with van der Waals surface area (Å²) < 4.78 is 25.1. The van der Waals surface area contributed by atoms with Crippen LogP contribution in [0.15, 0.2) is 24.3 Å². The van der Waals surface area contributed by atoms with E-state index in [0.29, 0.717) is 74.7 Å². The van der Waals surface area contributed by atoms with E-state index in [4.69, 9.17) is 18.9 Å². The molecule has 4 saturated carbocycles. The molecule has 12 rings (SSSR count). The van der Waals surface area contributed by atoms with Crippen molar-refractivity contribution in [3.8, 4) is 23.0 Å². The van der Waals surface area contributed by atoms with Crippen LogP contribution in [0, 0.1) is 11.8 Å². The van der Waals surface area contributed by atoms with E-state index in [1.165, 1.54) is 25.7 Å². The molecule has 0 aromatic heterocycles. The van der Waals surface area contributed by atoms with Crippen molar-refractivity contribution < 1.29 is 44.2 Å². The molecule has 10 atom stereocenters. The Morgan fingerprint density at radius 3 is 1.54 bits per heavy atom. The summed E-state index contributed by atoms with van der Waals surface area (Å²) in [5, 5.41) is 48.0. The second-order valence-corrected chi connectivity index (χ2v) is 18.2. The molecule has 10 aliphatic rings. The molecule has 52 heavy (non-hydrogen) atoms. The van der Waals surface area contributed by atoms with Crippen LogP contribution in [0.1, 0.15) is 86.5 Å². The summed E-state index contributed by atoms with van der Waals surface area (Å²) in [7, 11) is 0. The van der Waals surface area contributed by atoms with Gasteiger partial charge < -0.3 is 39.4 Å². The molecule has 11 heteroatoms. The first-order valence-corrected chi connectivity index (χ1v) is 20.0. The number of benzene rings is 2. The fraction of sp³-hybridized carbons (Fsp3) is 0.683. The maximum Gasteiger partial charge on any atom is 0.519 e. The van der Waals surface area contributed by atoms with Crippen LogP contribution < -0.4 is 18.9 Å². The van der Waals surface area contributed by atoms with E-state index in [-0.39, 0.29) is 23.6 Å². The number of piperidine rings is 2. The van der Waals surface area contributed by atoms with Crippen molar-refractivity contribution in [2.75, 3.05) is 26.2 Å². The number of rotatable bonds is 6. The van der Waals surface area contributed by atoms with Crippen LogP contribution in [0.25, 0.3) is 0 Å². The average molecular weight is 713 g/mol. The predicted octanol–water partition coefficient (Wildman–Crippen LogP) is 3.11. The smallest absolute Gasteiger partial charge is 0.482 e. The first-order chi connectivity index (χ1) is 25.1. The molecule has 276 valence electrons. The number of hydrogen-bond acceptors (Lipinski definition) is 11. The zero-order valence-electron chi connectivity index (χ0n) is 29.5. The number of carbonyl (C=O) groups excluding carboxylic acids is 1. The van der Waals surface area contributed by atoms with Gasteiger partial charge in [-0.1, -0.05) is 12.1 Å². The van der Waals surface area contributed by atoms with Gasteiger partial charge in [0.05, 0.1) is 34.2 Å². The van der Waals surface area contributed by atoms with E-state index in [1.54, 1.807) is 12.1 Å². The predicted molar refractivity (Wildman–Crippen MR) is 185 cm³/mol. The van der Waals surface area contributed by atoms with Gasteiger partial charge in [-0.3, -0.25) is 9.80 Å². The van der Waals surface area contributed by atoms with Crippen molar-refractivity contribution in [2.45, 2.75) is 136 Å². The summed E-state index contributed by atoms with van der Waals surface area (Å²) in [6.45, 7) is 3.66. The van der Waals surface area contributed by atoms with Crippen LogP contribution in [0.5, 0.6) is 23.0 Å². The molecule has 4 aliphatic heterocycles. The largest absolute Gasteiger partial charge is 0.519 e. The lowest BCUT2D eigenvalue weighted by atomic mass is 9.48. The molecule has 2 saturated heterocycles. The Labute approximate surface area is 302 Å². The highest BCUT2D eigenvalue weighted by Crippen LogP contribution is 2.67. The summed E-state index contributed by atoms with van der Waals surface area (Å²) >= 11 is 0. The van der Waals surface area contributed by atoms with Crippen molar-refractivity contribution in [1.29, 1.82) is 0 Å². The molecule has 1 unspecified atom stereocenters. The maximum atomic E-state index is 13.8. The average Bonchev–Trinajstić information content (AvgIpc) is 4.05. The standard InChI is InChI=1S/C41H48N2O9/c44-25-9-11-40(47)29-17-23-5-7-27(33-31(23)38(40,35(25)51-33)13-15-42(29)19-21-1-2-21)49-37(46)50-28-8-6-24-18-30-41(48)12-10-26(45)36-39(41,32(24)34(28)52-36)14-16-43(30)20-22-3-4-22/h5-8,21-22,25-26,29-30,35-36,44-45,47-48H,1-4,9-20H2/t25-,26-,29+,30?,35-,36-,38-,39-,40+,41+/m0/s1. The number of hydrogen-bond donors (Lipinski definition) is 4. The molecule has 0 radical (unpaired) electrons. The molecule has 6 fully saturated rings. The Bertz CT molecular complexity index is 1780. The Balaban J connectivity index is 0.876. The normalized spacial score (nSPS) is 43.2. The van der Waals surface area contributed by atoms with Gasteiger partial charge in [0.1, 0.15) is 12.2 Å². The molecule has 2 aromatic rings. The van der Waals surface area contributed by atoms with E-state index in [2.05, 4.69) is 9.80 Å². The Hall–Kier alpha value is -2.93. The van der Waals surface area contributed by atoms with E-state index < -0.39 is 52.6 Å². The highest BCUT2D eigenvalue weighted by molar-refractivity contribution is 5.74. The third kappa shape index (κ3) is 3.76. The second kappa shape index (κ2) is 10.2. The van der Waals surface area contributed by atoms with Gasteiger partial charge in [0.15, 0.2) is 23.0 Å². The van der Waals surface area contributed by atoms with Crippen molar-refractivity contribution in [3.63, 3.8) is 0 Å². The van der Waals surface area contributed by atoms with Crippen LogP contribution in [0.3, 0.4) is 0 Å². The first kappa shape index (κ1) is 31.4. The molecule has 4 heterocycles. The molecule has 4 N–H and O–H groups in total. The van der Waals surface area contributed by atoms with Gasteiger partial charge in [-0.2, -0.15) is 0 Å². The zero-order chi connectivity index (χ0) is 34.9. The van der Waals surface area contributed by atoms with Crippen molar-refractivity contribution in [1.82, 2.24) is 9.80 Å². The van der Waals surface area contributed by atoms with Crippen molar-refractivity contribution in [2.24, 2.45) is 11.8 Å². The van der Waals surface area contributed by atoms with Crippen molar-refractivity contribution >= 4 is 6.16 Å². The number of nitrogens with zero attached hydrogens (tertiary/aromatic N) is 2. The highest BCUT2D eigenvalue weighted by atomic mass is 16.7. The third-order valence-corrected chi connectivity index (χ3v) is 15.8. The van der Waals surface area contributed by atoms with Gasteiger partial charge in [-0.15, -0.1) is 0 Å². The molecule has 6 aliphatic carbocycles. The first-order valence-electron chi connectivity index (χ1n) is 20.0. The fourth-order valence-corrected chi connectivity index (χ4v) is 13.3. The van der Waals surface area contributed by atoms with E-state index in [9.17, 15) is 25.2 Å². The van der Waals surface area contributed by atoms with Crippen LogP contribution in [0.4, 0.5) is 4.79 Å². The lowest BCUT2D eigenvalue weighted by molar-refractivity contribution is -0.208. The Morgan fingerprint density at radius 1 is 0.673 bits per heavy atom. The van der Waals surface area contributed by atoms with Crippen LogP contribution in [0.2, 0.25) is 0 Å². The van der Waals surface area contributed by atoms with Gasteiger partial charge in [-0.05, 0) is 125 Å². The second-order valence-electron chi connectivity index (χ2n) is 18.2. The molecular formula is C41H48N2O9. The molecule has 2 spiro atoms. The fourth-order valence-electron chi connectivity index (χ4n) is 13.3. The Morgan fingerprint density at radius 2 is 1.12 bits per heavy atom. The maximum absolute atomic E-state index is 13.8. The summed E-state index contributed by atoms with van der Waals surface area (Å²) in [5.74, 6) is 2.66. The highest BCUT2D eigenvalue weighted by Gasteiger charge is 2.74. The molecule has 4 bridgehead atoms. The summed E-state index contributed by atoms with van der Waals surface area (Å²) in [6.07, 6.45) is 5.88. The van der Waals surface area contributed by atoms with E-state index in [1.807, 2.05) is 12.1 Å². The lowest BCUT2D eigenvalue weighted by Crippen LogP contribution is -2.77. The van der Waals surface area contributed by atoms with Crippen LogP contribution in [-0.4, -0.2) is 110 Å². The molecular weight excluding hydrogens is 664 g/mol. The Kier molecular flexibility index (Phi) is 6.18. The van der Waals surface area contributed by atoms with Crippen LogP contribution in [-0.2, 0) is 23.7 Å². The number of aliphatic hydroxyl groups excluding tert-OH is 2. The number of carbonyl (C=O) groups is 1. The minimum atomic E-state index is -1.05. The SMILES string of the molecule is O=C(Oc1ccc2c3c1O[C@H]1[C@@H](O)CC[C@@]4(O)C(C2)N(CC2CC2)CC[C@]314)Oc1ccc2c3c1O[C@H]1[C@@H](O)CC[C@@]4(O)[C@@H](C2)N(CC2CC2)CC[C@]314. The minimum Gasteiger partial charge on any atom is -0.482 e. The van der Waals surface area contributed by atoms with Gasteiger partial charge in [0.2, 0.25) is 0 Å². The molecule has 2 aromatic carbocycles. The number of likely N-dealkylation sites (tertiary alicyclic amines) is 2. The third-order valence-electron chi connectivity index (χ3n) is 15.8. The van der Waals surface area contributed by atoms with E-state index >= 15 is 0 Å². The van der Waals surface area contributed by atoms with Crippen LogP contribution >= 0.6 is 0 Å². The monoisotopic (exact) mass is 712 g/mol. The number of ether oxygens (including phenoxy) is 4. The summed E-state index contributed by atoms with van der Waals surface area (Å²) in [5.41, 5.74) is 0.241. The van der Waals surface area contributed by atoms with Gasteiger partial charge in [0, 0.05) is 36.3 Å². The topological polar surface area (TPSA) is 141 Å². The summed E-state index contributed by atoms with van der Waals surface area (Å²) in [4.78, 5) is 18.7. The van der Waals surface area contributed by atoms with Gasteiger partial charge in [0.25, 0.3) is 0 Å². The van der Waals surface area contributed by atoms with Gasteiger partial charge in [-0.25, -0.2) is 4.79 Å². The minimum absolute atomic E-state index is 0.0485. The van der Waals surface area contributed by atoms with E-state index in [0.717, 1.165) is 48.4 Å². The quantitative estimate of drug-likeness (QED) is 0.260. The van der Waals surface area contributed by atoms with Crippen molar-refractivity contribution in [3.05, 3.63) is 46.5 Å².